The molecule has 1 heterocycles. The van der Waals surface area contributed by atoms with Crippen molar-refractivity contribution < 1.29 is 5.11 Å². The third-order valence-electron chi connectivity index (χ3n) is 1.87. The predicted octanol–water partition coefficient (Wildman–Crippen LogP) is 2.64. The minimum atomic E-state index is 0.265. The van der Waals surface area contributed by atoms with Crippen molar-refractivity contribution in [3.8, 4) is 5.75 Å². The van der Waals surface area contributed by atoms with E-state index in [1.54, 1.807) is 24.5 Å². The van der Waals surface area contributed by atoms with Crippen molar-refractivity contribution in [1.82, 2.24) is 9.97 Å². The molecule has 0 spiro atoms. The van der Waals surface area contributed by atoms with Gasteiger partial charge in [-0.1, -0.05) is 17.8 Å². The first-order valence-electron chi connectivity index (χ1n) is 4.50. The number of phenolic OH excluding ortho intramolecular Hbond substituents is 1. The summed E-state index contributed by atoms with van der Waals surface area (Å²) in [6, 6.07) is 7.09. The van der Waals surface area contributed by atoms with Crippen LogP contribution in [0.15, 0.2) is 46.6 Å². The minimum Gasteiger partial charge on any atom is -0.508 e. The van der Waals surface area contributed by atoms with Gasteiger partial charge >= 0.3 is 0 Å². The lowest BCUT2D eigenvalue weighted by Crippen LogP contribution is -1.87. The van der Waals surface area contributed by atoms with E-state index in [1.165, 1.54) is 11.8 Å². The highest BCUT2D eigenvalue weighted by Gasteiger charge is 2.03. The molecule has 2 rings (SSSR count). The Morgan fingerprint density at radius 1 is 1.20 bits per heavy atom. The molecule has 0 fully saturated rings. The van der Waals surface area contributed by atoms with Crippen molar-refractivity contribution in [3.63, 3.8) is 0 Å². The monoisotopic (exact) mass is 218 g/mol. The SMILES string of the molecule is Cc1nccnc1Sc1cccc(O)c1. The Labute approximate surface area is 92.2 Å². The zero-order valence-electron chi connectivity index (χ0n) is 8.21. The number of rotatable bonds is 2. The smallest absolute Gasteiger partial charge is 0.122 e. The van der Waals surface area contributed by atoms with Crippen LogP contribution >= 0.6 is 11.8 Å². The van der Waals surface area contributed by atoms with Crippen molar-refractivity contribution in [3.05, 3.63) is 42.4 Å². The summed E-state index contributed by atoms with van der Waals surface area (Å²) in [5.74, 6) is 0.265. The summed E-state index contributed by atoms with van der Waals surface area (Å²) in [5, 5.41) is 10.2. The largest absolute Gasteiger partial charge is 0.508 e. The van der Waals surface area contributed by atoms with Gasteiger partial charge in [0.1, 0.15) is 10.8 Å². The van der Waals surface area contributed by atoms with Crippen molar-refractivity contribution in [2.24, 2.45) is 0 Å². The molecule has 2 aromatic rings. The van der Waals surface area contributed by atoms with Crippen LogP contribution < -0.4 is 0 Å². The van der Waals surface area contributed by atoms with Crippen LogP contribution in [0.2, 0.25) is 0 Å². The maximum absolute atomic E-state index is 9.31. The Balaban J connectivity index is 2.26. The Bertz CT molecular complexity index is 474. The number of nitrogens with zero attached hydrogens (tertiary/aromatic N) is 2. The lowest BCUT2D eigenvalue weighted by atomic mass is 10.3. The molecular weight excluding hydrogens is 208 g/mol. The third-order valence-corrected chi connectivity index (χ3v) is 2.95. The molecule has 76 valence electrons. The van der Waals surface area contributed by atoms with Crippen molar-refractivity contribution >= 4 is 11.8 Å². The van der Waals surface area contributed by atoms with Crippen LogP contribution in [0.1, 0.15) is 5.69 Å². The van der Waals surface area contributed by atoms with Gasteiger partial charge in [-0.15, -0.1) is 0 Å². The van der Waals surface area contributed by atoms with Gasteiger partial charge in [0.2, 0.25) is 0 Å². The second kappa shape index (κ2) is 4.31. The van der Waals surface area contributed by atoms with E-state index in [-0.39, 0.29) is 5.75 Å². The molecule has 0 saturated carbocycles. The molecule has 0 unspecified atom stereocenters. The minimum absolute atomic E-state index is 0.265. The van der Waals surface area contributed by atoms with E-state index < -0.39 is 0 Å². The summed E-state index contributed by atoms with van der Waals surface area (Å²) in [6.45, 7) is 1.91. The van der Waals surface area contributed by atoms with E-state index in [9.17, 15) is 5.11 Å². The molecule has 1 aromatic carbocycles. The van der Waals surface area contributed by atoms with Crippen LogP contribution in [0.5, 0.6) is 5.75 Å². The van der Waals surface area contributed by atoms with Crippen molar-refractivity contribution in [1.29, 1.82) is 0 Å². The lowest BCUT2D eigenvalue weighted by Gasteiger charge is -2.03. The number of aryl methyl sites for hydroxylation is 1. The maximum atomic E-state index is 9.31. The van der Waals surface area contributed by atoms with E-state index in [4.69, 9.17) is 0 Å². The van der Waals surface area contributed by atoms with E-state index in [0.29, 0.717) is 0 Å². The molecule has 0 radical (unpaired) electrons. The first-order valence-corrected chi connectivity index (χ1v) is 5.32. The summed E-state index contributed by atoms with van der Waals surface area (Å²) in [7, 11) is 0. The van der Waals surface area contributed by atoms with Gasteiger partial charge < -0.3 is 5.11 Å². The highest BCUT2D eigenvalue weighted by Crippen LogP contribution is 2.29. The molecular formula is C11H10N2OS. The number of benzene rings is 1. The Morgan fingerprint density at radius 2 is 2.00 bits per heavy atom. The highest BCUT2D eigenvalue weighted by molar-refractivity contribution is 7.99. The summed E-state index contributed by atoms with van der Waals surface area (Å²) in [5.41, 5.74) is 0.894. The molecule has 4 heteroatoms. The zero-order valence-corrected chi connectivity index (χ0v) is 9.03. The first-order chi connectivity index (χ1) is 7.25. The molecule has 0 aliphatic rings. The maximum Gasteiger partial charge on any atom is 0.122 e. The molecule has 0 saturated heterocycles. The van der Waals surface area contributed by atoms with Crippen LogP contribution in [0, 0.1) is 6.92 Å². The molecule has 15 heavy (non-hydrogen) atoms. The second-order valence-electron chi connectivity index (χ2n) is 3.05. The summed E-state index contributed by atoms with van der Waals surface area (Å²) >= 11 is 1.49. The van der Waals surface area contributed by atoms with Gasteiger partial charge in [-0.25, -0.2) is 4.98 Å². The normalized spacial score (nSPS) is 10.2. The van der Waals surface area contributed by atoms with E-state index in [0.717, 1.165) is 15.6 Å². The summed E-state index contributed by atoms with van der Waals surface area (Å²) < 4.78 is 0. The Kier molecular flexibility index (Phi) is 2.87. The average molecular weight is 218 g/mol. The zero-order chi connectivity index (χ0) is 10.7. The molecule has 3 nitrogen and oxygen atoms in total. The molecule has 0 aliphatic heterocycles. The fourth-order valence-corrected chi connectivity index (χ4v) is 2.02. The third kappa shape index (κ3) is 2.47. The fraction of sp³-hybridized carbons (Fsp3) is 0.0909. The van der Waals surface area contributed by atoms with Crippen molar-refractivity contribution in [2.75, 3.05) is 0 Å². The van der Waals surface area contributed by atoms with Gasteiger partial charge in [0, 0.05) is 17.3 Å². The van der Waals surface area contributed by atoms with Crippen LogP contribution in [0.25, 0.3) is 0 Å². The number of aromatic hydroxyl groups is 1. The molecule has 1 aromatic heterocycles. The number of phenols is 1. The van der Waals surface area contributed by atoms with E-state index in [2.05, 4.69) is 9.97 Å². The Morgan fingerprint density at radius 3 is 2.73 bits per heavy atom. The molecule has 0 atom stereocenters. The molecule has 1 N–H and O–H groups in total. The lowest BCUT2D eigenvalue weighted by molar-refractivity contribution is 0.474. The highest BCUT2D eigenvalue weighted by atomic mass is 32.2. The van der Waals surface area contributed by atoms with Gasteiger partial charge in [0.05, 0.1) is 5.69 Å². The molecule has 0 aliphatic carbocycles. The topological polar surface area (TPSA) is 46.0 Å². The fourth-order valence-electron chi connectivity index (χ4n) is 1.15. The van der Waals surface area contributed by atoms with Crippen molar-refractivity contribution in [2.45, 2.75) is 16.8 Å². The van der Waals surface area contributed by atoms with Gasteiger partial charge in [0.25, 0.3) is 0 Å². The first kappa shape index (κ1) is 9.98. The van der Waals surface area contributed by atoms with Crippen LogP contribution in [-0.4, -0.2) is 15.1 Å². The molecule has 0 bridgehead atoms. The number of hydrogen-bond donors (Lipinski definition) is 1. The summed E-state index contributed by atoms with van der Waals surface area (Å²) in [6.07, 6.45) is 3.33. The van der Waals surface area contributed by atoms with Crippen LogP contribution in [0.4, 0.5) is 0 Å². The summed E-state index contributed by atoms with van der Waals surface area (Å²) in [4.78, 5) is 9.33. The molecule has 0 amide bonds. The van der Waals surface area contributed by atoms with Gasteiger partial charge in [-0.05, 0) is 25.1 Å². The average Bonchev–Trinajstić information content (AvgIpc) is 2.22. The van der Waals surface area contributed by atoms with E-state index in [1.807, 2.05) is 19.1 Å². The van der Waals surface area contributed by atoms with E-state index >= 15 is 0 Å². The predicted molar refractivity (Wildman–Crippen MR) is 59.0 cm³/mol. The Hall–Kier alpha value is -1.55. The second-order valence-corrected chi connectivity index (χ2v) is 4.11. The van der Waals surface area contributed by atoms with Gasteiger partial charge in [-0.2, -0.15) is 0 Å². The van der Waals surface area contributed by atoms with Gasteiger partial charge in [-0.3, -0.25) is 4.98 Å². The quantitative estimate of drug-likeness (QED) is 0.841. The standard InChI is InChI=1S/C11H10N2OS/c1-8-11(13-6-5-12-8)15-10-4-2-3-9(14)7-10/h2-7,14H,1H3. The van der Waals surface area contributed by atoms with Crippen LogP contribution in [0.3, 0.4) is 0 Å². The van der Waals surface area contributed by atoms with Gasteiger partial charge in [0.15, 0.2) is 0 Å². The number of aromatic nitrogens is 2. The van der Waals surface area contributed by atoms with Crippen LogP contribution in [-0.2, 0) is 0 Å². The number of hydrogen-bond acceptors (Lipinski definition) is 4.